The van der Waals surface area contributed by atoms with Crippen LogP contribution in [0.5, 0.6) is 0 Å². The van der Waals surface area contributed by atoms with E-state index in [4.69, 9.17) is 15.9 Å². The summed E-state index contributed by atoms with van der Waals surface area (Å²) < 4.78 is 33.8. The summed E-state index contributed by atoms with van der Waals surface area (Å²) in [6, 6.07) is 0. The van der Waals surface area contributed by atoms with Crippen LogP contribution in [0.3, 0.4) is 0 Å². The second-order valence-corrected chi connectivity index (χ2v) is 0.577. The standard InChI is InChI=1S/2Al.Fe.4O/q;;+2;;;2*-1. The summed E-state index contributed by atoms with van der Waals surface area (Å²) in [6.45, 7) is 0. The van der Waals surface area contributed by atoms with Crippen LogP contribution in [0.4, 0.5) is 0 Å². The van der Waals surface area contributed by atoms with Gasteiger partial charge in [-0.15, -0.1) is 0 Å². The summed E-state index contributed by atoms with van der Waals surface area (Å²) in [5.74, 6) is 0. The van der Waals surface area contributed by atoms with Crippen molar-refractivity contribution in [3.8, 4) is 0 Å². The summed E-state index contributed by atoms with van der Waals surface area (Å²) in [4.78, 5) is 0. The van der Waals surface area contributed by atoms with E-state index >= 15 is 0 Å². The Hall–Kier alpha value is 0.784. The van der Waals surface area contributed by atoms with Gasteiger partial charge < -0.3 is 0 Å². The van der Waals surface area contributed by atoms with Crippen molar-refractivity contribution >= 4 is 31.0 Å². The number of hydrogen-bond acceptors (Lipinski definition) is 4. The summed E-state index contributed by atoms with van der Waals surface area (Å²) in [6.07, 6.45) is 0. The number of hydrogen-bond donors (Lipinski definition) is 0. The third-order valence-electron chi connectivity index (χ3n) is 0. The van der Waals surface area contributed by atoms with E-state index in [0.717, 1.165) is 0 Å². The van der Waals surface area contributed by atoms with Crippen molar-refractivity contribution in [2.75, 3.05) is 0 Å². The SMILES string of the molecule is [Fe+2].[O]=[Al][O-].[O]=[Al][O-]. The molecule has 0 aromatic rings. The van der Waals surface area contributed by atoms with E-state index in [-0.39, 0.29) is 17.1 Å². The molecule has 0 heterocycles. The third-order valence-corrected chi connectivity index (χ3v) is 0. The molecule has 4 nitrogen and oxygen atoms in total. The minimum absolute atomic E-state index is 0. The van der Waals surface area contributed by atoms with Crippen molar-refractivity contribution in [1.82, 2.24) is 0 Å². The van der Waals surface area contributed by atoms with E-state index < -0.39 is 31.0 Å². The Kier molecular flexibility index (Phi) is 65.5. The van der Waals surface area contributed by atoms with Gasteiger partial charge in [0.15, 0.2) is 0 Å². The quantitative estimate of drug-likeness (QED) is 0.358. The Morgan fingerprint density at radius 2 is 1.00 bits per heavy atom. The molecule has 0 fully saturated rings. The van der Waals surface area contributed by atoms with Gasteiger partial charge in [-0.1, -0.05) is 0 Å². The topological polar surface area (TPSA) is 80.3 Å². The van der Waals surface area contributed by atoms with E-state index in [1.807, 2.05) is 0 Å². The first-order valence-corrected chi connectivity index (χ1v) is 2.83. The summed E-state index contributed by atoms with van der Waals surface area (Å²) in [5.41, 5.74) is 0. The van der Waals surface area contributed by atoms with Crippen LogP contribution in [-0.2, 0) is 24.7 Å². The Balaban J connectivity index is -0.0000000400. The van der Waals surface area contributed by atoms with Crippen LogP contribution in [0.25, 0.3) is 0 Å². The molecule has 0 rings (SSSR count). The molecule has 0 spiro atoms. The molecular formula is Al2FeO4. The van der Waals surface area contributed by atoms with Crippen LogP contribution in [0.2, 0.25) is 0 Å². The van der Waals surface area contributed by atoms with E-state index in [0.29, 0.717) is 0 Å². The Labute approximate surface area is 63.9 Å². The van der Waals surface area contributed by atoms with Crippen molar-refractivity contribution in [3.05, 3.63) is 0 Å². The van der Waals surface area contributed by atoms with Gasteiger partial charge in [0.25, 0.3) is 0 Å². The van der Waals surface area contributed by atoms with E-state index in [2.05, 4.69) is 0 Å². The molecule has 0 radical (unpaired) electrons. The van der Waals surface area contributed by atoms with Crippen molar-refractivity contribution in [3.63, 3.8) is 0 Å². The molecule has 0 bridgehead atoms. The van der Waals surface area contributed by atoms with Gasteiger partial charge in [-0.2, -0.15) is 0 Å². The van der Waals surface area contributed by atoms with Crippen LogP contribution >= 0.6 is 0 Å². The minimum atomic E-state index is -1.75. The molecule has 0 aliphatic carbocycles. The summed E-state index contributed by atoms with van der Waals surface area (Å²) in [5, 5.41) is 0. The molecule has 0 N–H and O–H groups in total. The van der Waals surface area contributed by atoms with Crippen LogP contribution < -0.4 is 8.32 Å². The third kappa shape index (κ3) is 252. The molecule has 0 aromatic carbocycles. The molecule has 7 heavy (non-hydrogen) atoms. The summed E-state index contributed by atoms with van der Waals surface area (Å²) in [7, 11) is 0. The van der Waals surface area contributed by atoms with E-state index in [9.17, 15) is 0 Å². The first kappa shape index (κ1) is 15.7. The molecule has 0 aromatic heterocycles. The zero-order valence-electron chi connectivity index (χ0n) is 3.14. The Bertz CT molecular complexity index is 30.7. The molecule has 38 valence electrons. The zero-order valence-corrected chi connectivity index (χ0v) is 6.55. The van der Waals surface area contributed by atoms with Gasteiger partial charge in [-0.3, -0.25) is 0 Å². The van der Waals surface area contributed by atoms with Gasteiger partial charge in [-0.05, 0) is 0 Å². The first-order valence-electron chi connectivity index (χ1n) is 0.943. The fraction of sp³-hybridized carbons (Fsp3) is 0. The van der Waals surface area contributed by atoms with Gasteiger partial charge in [0.2, 0.25) is 0 Å². The van der Waals surface area contributed by atoms with Crippen molar-refractivity contribution in [2.24, 2.45) is 0 Å². The average molecular weight is 174 g/mol. The van der Waals surface area contributed by atoms with Gasteiger partial charge in [0.1, 0.15) is 0 Å². The van der Waals surface area contributed by atoms with Crippen molar-refractivity contribution in [2.45, 2.75) is 0 Å². The predicted molar refractivity (Wildman–Crippen MR) is 12.9 cm³/mol. The molecule has 0 saturated heterocycles. The van der Waals surface area contributed by atoms with Crippen LogP contribution in [0, 0.1) is 0 Å². The molecule has 7 heteroatoms. The maximum atomic E-state index is 8.46. The van der Waals surface area contributed by atoms with Crippen molar-refractivity contribution < 1.29 is 33.0 Å². The van der Waals surface area contributed by atoms with Crippen molar-refractivity contribution in [1.29, 1.82) is 0 Å². The van der Waals surface area contributed by atoms with Gasteiger partial charge in [0, 0.05) is 0 Å². The zero-order chi connectivity index (χ0) is 5.41. The van der Waals surface area contributed by atoms with E-state index in [1.54, 1.807) is 0 Å². The fourth-order valence-electron chi connectivity index (χ4n) is 0. The van der Waals surface area contributed by atoms with Gasteiger partial charge in [-0.25, -0.2) is 0 Å². The van der Waals surface area contributed by atoms with Gasteiger partial charge >= 0.3 is 64.0 Å². The van der Waals surface area contributed by atoms with Crippen LogP contribution in [-0.4, -0.2) is 31.0 Å². The second kappa shape index (κ2) is 29.3. The van der Waals surface area contributed by atoms with E-state index in [1.165, 1.54) is 0 Å². The second-order valence-electron chi connectivity index (χ2n) is 0.192. The predicted octanol–water partition coefficient (Wildman–Crippen LogP) is -3.38. The molecule has 0 saturated carbocycles. The fourth-order valence-corrected chi connectivity index (χ4v) is 0. The normalized spacial score (nSPS) is 2.29. The van der Waals surface area contributed by atoms with Crippen LogP contribution in [0.1, 0.15) is 0 Å². The maximum absolute atomic E-state index is 8.46. The first-order chi connectivity index (χ1) is 2.83. The molecule has 0 unspecified atom stereocenters. The molecule has 0 aliphatic rings. The Morgan fingerprint density at radius 1 is 1.00 bits per heavy atom. The molecular weight excluding hydrogens is 174 g/mol. The van der Waals surface area contributed by atoms with Gasteiger partial charge in [0.05, 0.1) is 0 Å². The van der Waals surface area contributed by atoms with Crippen LogP contribution in [0.15, 0.2) is 0 Å². The monoisotopic (exact) mass is 174 g/mol. The molecule has 0 amide bonds. The Morgan fingerprint density at radius 3 is 1.00 bits per heavy atom. The molecule has 0 aliphatic heterocycles. The summed E-state index contributed by atoms with van der Waals surface area (Å²) >= 11 is -3.50. The molecule has 0 atom stereocenters. The number of rotatable bonds is 0. The average Bonchev–Trinajstić information content (AvgIpc) is 1.39.